The lowest BCUT2D eigenvalue weighted by Gasteiger charge is -2.09. The molecule has 2 aromatic carbocycles. The molecule has 0 bridgehead atoms. The molecule has 0 aliphatic heterocycles. The Kier molecular flexibility index (Phi) is 8.09. The van der Waals surface area contributed by atoms with Crippen LogP contribution in [-0.2, 0) is 11.2 Å². The van der Waals surface area contributed by atoms with Crippen LogP contribution in [0.15, 0.2) is 52.3 Å². The first kappa shape index (κ1) is 21.8. The van der Waals surface area contributed by atoms with E-state index in [1.807, 2.05) is 13.0 Å². The number of thiazole rings is 1. The van der Waals surface area contributed by atoms with E-state index >= 15 is 0 Å². The molecule has 0 atom stereocenters. The summed E-state index contributed by atoms with van der Waals surface area (Å²) in [7, 11) is 0. The Labute approximate surface area is 188 Å². The average molecular weight is 494 g/mol. The second-order valence-corrected chi connectivity index (χ2v) is 8.93. The highest BCUT2D eigenvalue weighted by Crippen LogP contribution is 2.28. The molecule has 0 fully saturated rings. The van der Waals surface area contributed by atoms with Gasteiger partial charge in [0.1, 0.15) is 5.75 Å². The van der Waals surface area contributed by atoms with E-state index in [2.05, 4.69) is 55.9 Å². The Hall–Kier alpha value is -1.89. The first-order valence-electron chi connectivity index (χ1n) is 9.37. The van der Waals surface area contributed by atoms with Gasteiger partial charge in [0.2, 0.25) is 5.91 Å². The molecular formula is C22H22BrClN2O2S. The van der Waals surface area contributed by atoms with Crippen molar-refractivity contribution in [1.82, 2.24) is 10.3 Å². The lowest BCUT2D eigenvalue weighted by Crippen LogP contribution is -2.25. The number of aryl methyl sites for hydroxylation is 1. The molecule has 0 aliphatic carbocycles. The van der Waals surface area contributed by atoms with Crippen LogP contribution < -0.4 is 10.1 Å². The summed E-state index contributed by atoms with van der Waals surface area (Å²) in [5, 5.41) is 6.75. The number of benzene rings is 2. The van der Waals surface area contributed by atoms with Crippen LogP contribution in [-0.4, -0.2) is 24.0 Å². The van der Waals surface area contributed by atoms with Crippen molar-refractivity contribution in [2.24, 2.45) is 0 Å². The van der Waals surface area contributed by atoms with Crippen LogP contribution in [0.4, 0.5) is 0 Å². The molecule has 1 aromatic heterocycles. The van der Waals surface area contributed by atoms with E-state index in [1.165, 1.54) is 5.56 Å². The molecular weight excluding hydrogens is 472 g/mol. The van der Waals surface area contributed by atoms with Crippen LogP contribution in [0.3, 0.4) is 0 Å². The summed E-state index contributed by atoms with van der Waals surface area (Å²) in [6.45, 7) is 3.11. The van der Waals surface area contributed by atoms with Gasteiger partial charge in [-0.1, -0.05) is 35.9 Å². The van der Waals surface area contributed by atoms with Gasteiger partial charge in [-0.2, -0.15) is 0 Å². The maximum Gasteiger partial charge on any atom is 0.220 e. The Morgan fingerprint density at radius 2 is 2.03 bits per heavy atom. The summed E-state index contributed by atoms with van der Waals surface area (Å²) >= 11 is 11.0. The number of nitrogens with one attached hydrogen (secondary N) is 1. The van der Waals surface area contributed by atoms with Crippen LogP contribution in [0, 0.1) is 6.92 Å². The predicted molar refractivity (Wildman–Crippen MR) is 123 cm³/mol. The fourth-order valence-corrected chi connectivity index (χ4v) is 4.20. The van der Waals surface area contributed by atoms with Gasteiger partial charge in [0.05, 0.1) is 21.8 Å². The number of carbonyl (C=O) groups is 1. The maximum atomic E-state index is 12.0. The molecule has 0 unspecified atom stereocenters. The first-order valence-corrected chi connectivity index (χ1v) is 11.4. The molecule has 29 heavy (non-hydrogen) atoms. The summed E-state index contributed by atoms with van der Waals surface area (Å²) in [6.07, 6.45) is 1.90. The minimum atomic E-state index is 0.0401. The van der Waals surface area contributed by atoms with E-state index < -0.39 is 0 Å². The van der Waals surface area contributed by atoms with Crippen molar-refractivity contribution in [3.63, 3.8) is 0 Å². The third-order valence-electron chi connectivity index (χ3n) is 4.30. The van der Waals surface area contributed by atoms with E-state index in [-0.39, 0.29) is 5.91 Å². The van der Waals surface area contributed by atoms with Crippen molar-refractivity contribution in [3.05, 3.63) is 67.9 Å². The monoisotopic (exact) mass is 492 g/mol. The highest BCUT2D eigenvalue weighted by molar-refractivity contribution is 9.10. The van der Waals surface area contributed by atoms with Crippen LogP contribution >= 0.6 is 38.9 Å². The largest absolute Gasteiger partial charge is 0.492 e. The van der Waals surface area contributed by atoms with E-state index in [4.69, 9.17) is 16.3 Å². The van der Waals surface area contributed by atoms with Crippen LogP contribution in [0.1, 0.15) is 23.4 Å². The SMILES string of the molecule is Cc1nc(-c2ccc(CCNC(=O)CCCOc3ccc(Cl)cc3Br)cc2)cs1. The smallest absolute Gasteiger partial charge is 0.220 e. The van der Waals surface area contributed by atoms with Gasteiger partial charge in [-0.25, -0.2) is 4.98 Å². The number of ether oxygens (including phenoxy) is 1. The number of hydrogen-bond donors (Lipinski definition) is 1. The van der Waals surface area contributed by atoms with Crippen LogP contribution in [0.2, 0.25) is 5.02 Å². The van der Waals surface area contributed by atoms with E-state index in [1.54, 1.807) is 23.5 Å². The average Bonchev–Trinajstić information content (AvgIpc) is 3.13. The molecule has 0 radical (unpaired) electrons. The minimum absolute atomic E-state index is 0.0401. The summed E-state index contributed by atoms with van der Waals surface area (Å²) in [5.74, 6) is 0.768. The minimum Gasteiger partial charge on any atom is -0.492 e. The standard InChI is InChI=1S/C22H22BrClN2O2S/c1-15-26-20(14-29-15)17-6-4-16(5-7-17)10-11-25-22(27)3-2-12-28-21-9-8-18(24)13-19(21)23/h4-9,13-14H,2-3,10-12H2,1H3,(H,25,27). The molecule has 7 heteroatoms. The molecule has 1 heterocycles. The van der Waals surface area contributed by atoms with Crippen molar-refractivity contribution >= 4 is 44.8 Å². The van der Waals surface area contributed by atoms with Gasteiger partial charge in [-0.3, -0.25) is 4.79 Å². The Morgan fingerprint density at radius 1 is 1.24 bits per heavy atom. The van der Waals surface area contributed by atoms with Crippen molar-refractivity contribution in [3.8, 4) is 17.0 Å². The predicted octanol–water partition coefficient (Wildman–Crippen LogP) is 6.05. The molecule has 3 aromatic rings. The number of hydrogen-bond acceptors (Lipinski definition) is 4. The van der Waals surface area contributed by atoms with Crippen molar-refractivity contribution < 1.29 is 9.53 Å². The number of halogens is 2. The van der Waals surface area contributed by atoms with Gasteiger partial charge in [-0.15, -0.1) is 11.3 Å². The third-order valence-corrected chi connectivity index (χ3v) is 5.93. The third kappa shape index (κ3) is 6.84. The zero-order chi connectivity index (χ0) is 20.6. The van der Waals surface area contributed by atoms with Crippen LogP contribution in [0.5, 0.6) is 5.75 Å². The summed E-state index contributed by atoms with van der Waals surface area (Å²) in [5.41, 5.74) is 3.33. The first-order chi connectivity index (χ1) is 14.0. The molecule has 0 spiro atoms. The second kappa shape index (κ2) is 10.8. The molecule has 0 saturated heterocycles. The van der Waals surface area contributed by atoms with Gasteiger partial charge in [0.25, 0.3) is 0 Å². The Balaban J connectivity index is 1.33. The summed E-state index contributed by atoms with van der Waals surface area (Å²) < 4.78 is 6.49. The Bertz CT molecular complexity index is 960. The number of nitrogens with zero attached hydrogens (tertiary/aromatic N) is 1. The molecule has 1 N–H and O–H groups in total. The fourth-order valence-electron chi connectivity index (χ4n) is 2.78. The number of rotatable bonds is 9. The van der Waals surface area contributed by atoms with E-state index in [9.17, 15) is 4.79 Å². The quantitative estimate of drug-likeness (QED) is 0.369. The fraction of sp³-hybridized carbons (Fsp3) is 0.273. The highest BCUT2D eigenvalue weighted by Gasteiger charge is 2.05. The van der Waals surface area contributed by atoms with Gasteiger partial charge >= 0.3 is 0 Å². The maximum absolute atomic E-state index is 12.0. The van der Waals surface area contributed by atoms with Crippen LogP contribution in [0.25, 0.3) is 11.3 Å². The normalized spacial score (nSPS) is 10.7. The summed E-state index contributed by atoms with van der Waals surface area (Å²) in [6, 6.07) is 13.7. The van der Waals surface area contributed by atoms with E-state index in [0.29, 0.717) is 31.0 Å². The number of amides is 1. The van der Waals surface area contributed by atoms with Gasteiger partial charge in [-0.05, 0) is 59.5 Å². The van der Waals surface area contributed by atoms with Gasteiger partial charge in [0.15, 0.2) is 0 Å². The van der Waals surface area contributed by atoms with Gasteiger partial charge in [0, 0.05) is 28.9 Å². The number of carbonyl (C=O) groups excluding carboxylic acids is 1. The highest BCUT2D eigenvalue weighted by atomic mass is 79.9. The lowest BCUT2D eigenvalue weighted by molar-refractivity contribution is -0.121. The van der Waals surface area contributed by atoms with E-state index in [0.717, 1.165) is 32.9 Å². The Morgan fingerprint density at radius 3 is 2.72 bits per heavy atom. The zero-order valence-electron chi connectivity index (χ0n) is 16.1. The van der Waals surface area contributed by atoms with Crippen molar-refractivity contribution in [1.29, 1.82) is 0 Å². The van der Waals surface area contributed by atoms with Crippen molar-refractivity contribution in [2.75, 3.05) is 13.2 Å². The number of aromatic nitrogens is 1. The topological polar surface area (TPSA) is 51.2 Å². The molecule has 0 saturated carbocycles. The van der Waals surface area contributed by atoms with Crippen molar-refractivity contribution in [2.45, 2.75) is 26.2 Å². The molecule has 3 rings (SSSR count). The lowest BCUT2D eigenvalue weighted by atomic mass is 10.1. The summed E-state index contributed by atoms with van der Waals surface area (Å²) in [4.78, 5) is 16.5. The zero-order valence-corrected chi connectivity index (χ0v) is 19.2. The molecule has 0 aliphatic rings. The molecule has 1 amide bonds. The second-order valence-electron chi connectivity index (χ2n) is 6.58. The molecule has 4 nitrogen and oxygen atoms in total. The molecule has 152 valence electrons. The van der Waals surface area contributed by atoms with Gasteiger partial charge < -0.3 is 10.1 Å².